The van der Waals surface area contributed by atoms with Gasteiger partial charge in [-0.1, -0.05) is 32.4 Å². The number of carbonyl (C=O) groups is 1. The number of hydrogen-bond donors (Lipinski definition) is 1. The normalized spacial score (nSPS) is 13.2. The van der Waals surface area contributed by atoms with E-state index in [0.717, 1.165) is 6.42 Å². The molecule has 124 valence electrons. The zero-order chi connectivity index (χ0) is 16.9. The van der Waals surface area contributed by atoms with Gasteiger partial charge in [0.1, 0.15) is 0 Å². The van der Waals surface area contributed by atoms with Crippen LogP contribution >= 0.6 is 11.6 Å². The van der Waals surface area contributed by atoms with Crippen molar-refractivity contribution < 1.29 is 13.2 Å². The molecular formula is C15H23ClN2O3S. The molecule has 1 atom stereocenters. The van der Waals surface area contributed by atoms with Crippen LogP contribution in [0, 0.1) is 0 Å². The van der Waals surface area contributed by atoms with E-state index in [0.29, 0.717) is 13.1 Å². The van der Waals surface area contributed by atoms with Gasteiger partial charge in [-0.05, 0) is 31.5 Å². The Bertz CT molecular complexity index is 628. The summed E-state index contributed by atoms with van der Waals surface area (Å²) in [6.07, 6.45) is 0.779. The molecule has 0 bridgehead atoms. The second kappa shape index (κ2) is 7.94. The molecule has 22 heavy (non-hydrogen) atoms. The van der Waals surface area contributed by atoms with Gasteiger partial charge < -0.3 is 5.32 Å². The number of sulfonamides is 1. The Balaban J connectivity index is 3.22. The molecule has 7 heteroatoms. The summed E-state index contributed by atoms with van der Waals surface area (Å²) < 4.78 is 26.4. The van der Waals surface area contributed by atoms with Crippen molar-refractivity contribution in [2.75, 3.05) is 13.1 Å². The molecule has 0 radical (unpaired) electrons. The van der Waals surface area contributed by atoms with Crippen LogP contribution in [0.2, 0.25) is 5.02 Å². The van der Waals surface area contributed by atoms with E-state index in [4.69, 9.17) is 11.6 Å². The third-order valence-corrected chi connectivity index (χ3v) is 5.89. The summed E-state index contributed by atoms with van der Waals surface area (Å²) in [4.78, 5) is 12.3. The van der Waals surface area contributed by atoms with Gasteiger partial charge in [-0.25, -0.2) is 8.42 Å². The molecule has 0 aromatic heterocycles. The molecule has 1 N–H and O–H groups in total. The third kappa shape index (κ3) is 4.21. The molecule has 0 saturated carbocycles. The number of nitrogens with one attached hydrogen (secondary N) is 1. The monoisotopic (exact) mass is 346 g/mol. The summed E-state index contributed by atoms with van der Waals surface area (Å²) in [5.41, 5.74) is 0.176. The van der Waals surface area contributed by atoms with Gasteiger partial charge in [-0.3, -0.25) is 4.79 Å². The standard InChI is InChI=1S/C15H23ClN2O3S/c1-5-11(4)17-15(19)13-10-12(8-9-14(13)16)22(20,21)18(6-2)7-3/h8-11H,5-7H2,1-4H3,(H,17,19)/t11-/m0/s1. The lowest BCUT2D eigenvalue weighted by Gasteiger charge is -2.19. The van der Waals surface area contributed by atoms with Gasteiger partial charge in [0, 0.05) is 19.1 Å². The van der Waals surface area contributed by atoms with Gasteiger partial charge in [0.05, 0.1) is 15.5 Å². The lowest BCUT2D eigenvalue weighted by Crippen LogP contribution is -2.33. The maximum Gasteiger partial charge on any atom is 0.253 e. The lowest BCUT2D eigenvalue weighted by atomic mass is 10.2. The minimum atomic E-state index is -3.61. The summed E-state index contributed by atoms with van der Waals surface area (Å²) in [7, 11) is -3.61. The number of rotatable bonds is 7. The Morgan fingerprint density at radius 1 is 1.27 bits per heavy atom. The summed E-state index contributed by atoms with van der Waals surface area (Å²) in [5, 5.41) is 3.03. The van der Waals surface area contributed by atoms with Gasteiger partial charge >= 0.3 is 0 Å². The molecule has 0 spiro atoms. The van der Waals surface area contributed by atoms with Crippen LogP contribution in [-0.4, -0.2) is 37.8 Å². The SMILES string of the molecule is CC[C@H](C)NC(=O)c1cc(S(=O)(=O)N(CC)CC)ccc1Cl. The highest BCUT2D eigenvalue weighted by atomic mass is 35.5. The van der Waals surface area contributed by atoms with E-state index in [1.807, 2.05) is 13.8 Å². The van der Waals surface area contributed by atoms with Crippen molar-refractivity contribution in [2.24, 2.45) is 0 Å². The van der Waals surface area contributed by atoms with Crippen LogP contribution in [0.5, 0.6) is 0 Å². The molecule has 1 amide bonds. The molecule has 1 aromatic rings. The largest absolute Gasteiger partial charge is 0.350 e. The molecule has 0 aliphatic heterocycles. The Hall–Kier alpha value is -1.11. The van der Waals surface area contributed by atoms with Crippen LogP contribution in [0.25, 0.3) is 0 Å². The van der Waals surface area contributed by atoms with Gasteiger partial charge in [-0.2, -0.15) is 4.31 Å². The number of hydrogen-bond acceptors (Lipinski definition) is 3. The van der Waals surface area contributed by atoms with Crippen LogP contribution in [0.1, 0.15) is 44.5 Å². The second-order valence-corrected chi connectivity index (χ2v) is 7.36. The summed E-state index contributed by atoms with van der Waals surface area (Å²) in [6, 6.07) is 4.21. The molecule has 0 fully saturated rings. The molecule has 5 nitrogen and oxygen atoms in total. The zero-order valence-electron chi connectivity index (χ0n) is 13.4. The quantitative estimate of drug-likeness (QED) is 0.825. The highest BCUT2D eigenvalue weighted by Gasteiger charge is 2.24. The van der Waals surface area contributed by atoms with E-state index in [9.17, 15) is 13.2 Å². The Morgan fingerprint density at radius 3 is 2.36 bits per heavy atom. The van der Waals surface area contributed by atoms with Crippen LogP contribution in [0.15, 0.2) is 23.1 Å². The third-order valence-electron chi connectivity index (χ3n) is 3.52. The molecule has 1 rings (SSSR count). The fraction of sp³-hybridized carbons (Fsp3) is 0.533. The van der Waals surface area contributed by atoms with Crippen molar-refractivity contribution in [1.82, 2.24) is 9.62 Å². The molecule has 0 aliphatic carbocycles. The number of nitrogens with zero attached hydrogens (tertiary/aromatic N) is 1. The molecule has 0 unspecified atom stereocenters. The van der Waals surface area contributed by atoms with Crippen LogP contribution in [0.3, 0.4) is 0 Å². The van der Waals surface area contributed by atoms with E-state index in [1.54, 1.807) is 13.8 Å². The van der Waals surface area contributed by atoms with Crippen LogP contribution in [0.4, 0.5) is 0 Å². The molecule has 1 aromatic carbocycles. The van der Waals surface area contributed by atoms with E-state index in [1.165, 1.54) is 22.5 Å². The van der Waals surface area contributed by atoms with Crippen molar-refractivity contribution in [3.8, 4) is 0 Å². The van der Waals surface area contributed by atoms with E-state index < -0.39 is 10.0 Å². The summed E-state index contributed by atoms with van der Waals surface area (Å²) in [5.74, 6) is -0.365. The first kappa shape index (κ1) is 18.9. The number of amides is 1. The Kier molecular flexibility index (Phi) is 6.84. The maximum atomic E-state index is 12.5. The predicted octanol–water partition coefficient (Wildman–Crippen LogP) is 2.90. The Labute approximate surface area is 137 Å². The van der Waals surface area contributed by atoms with Gasteiger partial charge in [0.15, 0.2) is 0 Å². The van der Waals surface area contributed by atoms with Crippen LogP contribution < -0.4 is 5.32 Å². The average molecular weight is 347 g/mol. The van der Waals surface area contributed by atoms with Crippen molar-refractivity contribution in [3.05, 3.63) is 28.8 Å². The van der Waals surface area contributed by atoms with Crippen LogP contribution in [-0.2, 0) is 10.0 Å². The molecule has 0 aliphatic rings. The minimum Gasteiger partial charge on any atom is -0.350 e. The van der Waals surface area contributed by atoms with Gasteiger partial charge in [-0.15, -0.1) is 0 Å². The van der Waals surface area contributed by atoms with Crippen molar-refractivity contribution in [2.45, 2.75) is 45.1 Å². The first-order chi connectivity index (χ1) is 10.3. The lowest BCUT2D eigenvalue weighted by molar-refractivity contribution is 0.0939. The molecule has 0 saturated heterocycles. The number of benzene rings is 1. The average Bonchev–Trinajstić information content (AvgIpc) is 2.48. The molecule has 0 heterocycles. The summed E-state index contributed by atoms with van der Waals surface area (Å²) >= 11 is 6.05. The second-order valence-electron chi connectivity index (χ2n) is 5.01. The number of halogens is 1. The smallest absolute Gasteiger partial charge is 0.253 e. The van der Waals surface area contributed by atoms with Crippen molar-refractivity contribution in [3.63, 3.8) is 0 Å². The fourth-order valence-corrected chi connectivity index (χ4v) is 3.64. The maximum absolute atomic E-state index is 12.5. The van der Waals surface area contributed by atoms with Crippen molar-refractivity contribution >= 4 is 27.5 Å². The highest BCUT2D eigenvalue weighted by molar-refractivity contribution is 7.89. The van der Waals surface area contributed by atoms with E-state index in [-0.39, 0.29) is 27.4 Å². The van der Waals surface area contributed by atoms with Gasteiger partial charge in [0.25, 0.3) is 5.91 Å². The fourth-order valence-electron chi connectivity index (χ4n) is 1.96. The minimum absolute atomic E-state index is 0.00777. The predicted molar refractivity (Wildman–Crippen MR) is 88.8 cm³/mol. The number of carbonyl (C=O) groups excluding carboxylic acids is 1. The van der Waals surface area contributed by atoms with Gasteiger partial charge in [0.2, 0.25) is 10.0 Å². The highest BCUT2D eigenvalue weighted by Crippen LogP contribution is 2.23. The van der Waals surface area contributed by atoms with E-state index in [2.05, 4.69) is 5.32 Å². The first-order valence-electron chi connectivity index (χ1n) is 7.38. The molecular weight excluding hydrogens is 324 g/mol. The Morgan fingerprint density at radius 2 is 1.86 bits per heavy atom. The van der Waals surface area contributed by atoms with E-state index >= 15 is 0 Å². The zero-order valence-corrected chi connectivity index (χ0v) is 15.0. The first-order valence-corrected chi connectivity index (χ1v) is 9.20. The topological polar surface area (TPSA) is 66.5 Å². The van der Waals surface area contributed by atoms with Crippen molar-refractivity contribution in [1.29, 1.82) is 0 Å². The summed E-state index contributed by atoms with van der Waals surface area (Å²) in [6.45, 7) is 8.11.